The van der Waals surface area contributed by atoms with E-state index in [1.165, 1.54) is 0 Å². The molecule has 1 fully saturated rings. The highest BCUT2D eigenvalue weighted by atomic mass is 35.5. The fraction of sp³-hybridized carbons (Fsp3) is 0.300. The second-order valence-electron chi connectivity index (χ2n) is 3.49. The molecule has 0 spiro atoms. The van der Waals surface area contributed by atoms with E-state index in [0.29, 0.717) is 28.5 Å². The zero-order chi connectivity index (χ0) is 10.3. The Morgan fingerprint density at radius 2 is 2.00 bits per heavy atom. The van der Waals surface area contributed by atoms with Crippen molar-refractivity contribution in [3.8, 4) is 0 Å². The Balaban J connectivity index is 2.47. The van der Waals surface area contributed by atoms with Gasteiger partial charge in [-0.05, 0) is 30.5 Å². The third kappa shape index (κ3) is 1.39. The Bertz CT molecular complexity index is 397. The van der Waals surface area contributed by atoms with Crippen molar-refractivity contribution in [2.75, 3.05) is 0 Å². The first-order chi connectivity index (χ1) is 6.56. The Labute approximate surface area is 91.4 Å². The third-order valence-corrected chi connectivity index (χ3v) is 3.14. The van der Waals surface area contributed by atoms with Crippen LogP contribution in [-0.4, -0.2) is 5.97 Å². The van der Waals surface area contributed by atoms with Crippen LogP contribution in [0, 0.1) is 0 Å². The third-order valence-electron chi connectivity index (χ3n) is 2.59. The number of carbonyl (C=O) groups excluding carboxylic acids is 1. The molecule has 2 nitrogen and oxygen atoms in total. The second kappa shape index (κ2) is 3.14. The van der Waals surface area contributed by atoms with Gasteiger partial charge < -0.3 is 9.90 Å². The molecule has 0 amide bonds. The first-order valence-corrected chi connectivity index (χ1v) is 4.99. The van der Waals surface area contributed by atoms with Crippen LogP contribution in [0.3, 0.4) is 0 Å². The highest BCUT2D eigenvalue weighted by molar-refractivity contribution is 6.35. The quantitative estimate of drug-likeness (QED) is 0.776. The number of hydrogen-bond acceptors (Lipinski definition) is 2. The molecule has 0 heterocycles. The summed E-state index contributed by atoms with van der Waals surface area (Å²) in [5.41, 5.74) is -0.245. The van der Waals surface area contributed by atoms with Crippen molar-refractivity contribution in [1.29, 1.82) is 0 Å². The number of aliphatic carboxylic acids is 1. The SMILES string of the molecule is O=C([O-])C1(c2ccc(Cl)cc2Cl)CC1. The molecule has 74 valence electrons. The molecule has 0 N–H and O–H groups in total. The van der Waals surface area contributed by atoms with Crippen molar-refractivity contribution in [1.82, 2.24) is 0 Å². The van der Waals surface area contributed by atoms with E-state index in [0.717, 1.165) is 0 Å². The van der Waals surface area contributed by atoms with Gasteiger partial charge in [0, 0.05) is 15.5 Å². The predicted octanol–water partition coefficient (Wildman–Crippen LogP) is 1.77. The summed E-state index contributed by atoms with van der Waals surface area (Å²) in [4.78, 5) is 10.9. The predicted molar refractivity (Wildman–Crippen MR) is 52.4 cm³/mol. The van der Waals surface area contributed by atoms with Gasteiger partial charge in [-0.15, -0.1) is 0 Å². The standard InChI is InChI=1S/C10H8Cl2O2/c11-6-1-2-7(8(12)5-6)10(3-4-10)9(13)14/h1-2,5H,3-4H2,(H,13,14)/p-1. The Morgan fingerprint density at radius 1 is 1.36 bits per heavy atom. The van der Waals surface area contributed by atoms with Gasteiger partial charge in [0.25, 0.3) is 0 Å². The Morgan fingerprint density at radius 3 is 2.43 bits per heavy atom. The summed E-state index contributed by atoms with van der Waals surface area (Å²) in [6.07, 6.45) is 1.19. The van der Waals surface area contributed by atoms with Gasteiger partial charge >= 0.3 is 0 Å². The molecule has 2 rings (SSSR count). The molecule has 1 aliphatic rings. The van der Waals surface area contributed by atoms with E-state index < -0.39 is 11.4 Å². The molecule has 1 saturated carbocycles. The van der Waals surface area contributed by atoms with Crippen LogP contribution in [0.15, 0.2) is 18.2 Å². The van der Waals surface area contributed by atoms with Crippen LogP contribution in [-0.2, 0) is 10.2 Å². The average molecular weight is 230 g/mol. The van der Waals surface area contributed by atoms with Gasteiger partial charge in [-0.2, -0.15) is 0 Å². The van der Waals surface area contributed by atoms with Crippen LogP contribution in [0.4, 0.5) is 0 Å². The van der Waals surface area contributed by atoms with Crippen LogP contribution in [0.2, 0.25) is 10.0 Å². The van der Waals surface area contributed by atoms with E-state index in [4.69, 9.17) is 23.2 Å². The number of carboxylic acid groups (broad SMARTS) is 1. The van der Waals surface area contributed by atoms with Crippen LogP contribution in [0.5, 0.6) is 0 Å². The summed E-state index contributed by atoms with van der Waals surface area (Å²) < 4.78 is 0. The van der Waals surface area contributed by atoms with E-state index in [2.05, 4.69) is 0 Å². The minimum atomic E-state index is -1.05. The van der Waals surface area contributed by atoms with Crippen molar-refractivity contribution in [2.45, 2.75) is 18.3 Å². The maximum atomic E-state index is 10.9. The minimum absolute atomic E-state index is 0.402. The fourth-order valence-corrected chi connectivity index (χ4v) is 2.18. The van der Waals surface area contributed by atoms with Gasteiger partial charge in [-0.25, -0.2) is 0 Å². The molecule has 4 heteroatoms. The Hall–Kier alpha value is -0.730. The first-order valence-electron chi connectivity index (χ1n) is 4.23. The molecule has 14 heavy (non-hydrogen) atoms. The maximum Gasteiger partial charge on any atom is 0.0520 e. The molecule has 0 bridgehead atoms. The average Bonchev–Trinajstić information content (AvgIpc) is 2.84. The van der Waals surface area contributed by atoms with Gasteiger partial charge in [0.05, 0.1) is 5.97 Å². The molecule has 0 saturated heterocycles. The van der Waals surface area contributed by atoms with Crippen molar-refractivity contribution in [3.63, 3.8) is 0 Å². The van der Waals surface area contributed by atoms with Crippen LogP contribution >= 0.6 is 23.2 Å². The molecule has 0 atom stereocenters. The van der Waals surface area contributed by atoms with Gasteiger partial charge in [-0.1, -0.05) is 29.3 Å². The van der Waals surface area contributed by atoms with E-state index in [1.54, 1.807) is 18.2 Å². The van der Waals surface area contributed by atoms with Crippen molar-refractivity contribution in [2.24, 2.45) is 0 Å². The molecular weight excluding hydrogens is 223 g/mol. The van der Waals surface area contributed by atoms with Gasteiger partial charge in [0.15, 0.2) is 0 Å². The lowest BCUT2D eigenvalue weighted by Gasteiger charge is -2.18. The number of carbonyl (C=O) groups is 1. The zero-order valence-corrected chi connectivity index (χ0v) is 8.73. The molecule has 1 aliphatic carbocycles. The monoisotopic (exact) mass is 229 g/mol. The number of halogens is 2. The minimum Gasteiger partial charge on any atom is -0.549 e. The largest absolute Gasteiger partial charge is 0.549 e. The summed E-state index contributed by atoms with van der Waals surface area (Å²) in [5, 5.41) is 11.8. The molecule has 0 aromatic heterocycles. The Kier molecular flexibility index (Phi) is 2.20. The highest BCUT2D eigenvalue weighted by Crippen LogP contribution is 2.50. The highest BCUT2D eigenvalue weighted by Gasteiger charge is 2.47. The van der Waals surface area contributed by atoms with E-state index in [1.807, 2.05) is 0 Å². The molecule has 1 aromatic rings. The molecular formula is C10H7Cl2O2-. The van der Waals surface area contributed by atoms with E-state index >= 15 is 0 Å². The number of benzene rings is 1. The molecule has 0 radical (unpaired) electrons. The lowest BCUT2D eigenvalue weighted by molar-refractivity contribution is -0.309. The number of rotatable bonds is 2. The smallest absolute Gasteiger partial charge is 0.0520 e. The first kappa shape index (κ1) is 9.81. The molecule has 0 unspecified atom stereocenters. The van der Waals surface area contributed by atoms with Crippen molar-refractivity contribution >= 4 is 29.2 Å². The van der Waals surface area contributed by atoms with E-state index in [-0.39, 0.29) is 0 Å². The zero-order valence-electron chi connectivity index (χ0n) is 7.22. The maximum absolute atomic E-state index is 10.9. The van der Waals surface area contributed by atoms with Crippen LogP contribution < -0.4 is 5.11 Å². The molecule has 0 aliphatic heterocycles. The molecule has 1 aromatic carbocycles. The van der Waals surface area contributed by atoms with Crippen molar-refractivity contribution in [3.05, 3.63) is 33.8 Å². The topological polar surface area (TPSA) is 40.1 Å². The normalized spacial score (nSPS) is 17.9. The van der Waals surface area contributed by atoms with Crippen molar-refractivity contribution < 1.29 is 9.90 Å². The summed E-state index contributed by atoms with van der Waals surface area (Å²) in [6.45, 7) is 0. The number of hydrogen-bond donors (Lipinski definition) is 0. The summed E-state index contributed by atoms with van der Waals surface area (Å²) >= 11 is 11.6. The van der Waals surface area contributed by atoms with Crippen LogP contribution in [0.1, 0.15) is 18.4 Å². The van der Waals surface area contributed by atoms with Crippen LogP contribution in [0.25, 0.3) is 0 Å². The number of carboxylic acids is 1. The van der Waals surface area contributed by atoms with Gasteiger partial charge in [-0.3, -0.25) is 0 Å². The summed E-state index contributed by atoms with van der Waals surface area (Å²) in [6, 6.07) is 4.86. The van der Waals surface area contributed by atoms with Gasteiger partial charge in [0.2, 0.25) is 0 Å². The fourth-order valence-electron chi connectivity index (χ4n) is 1.59. The van der Waals surface area contributed by atoms with E-state index in [9.17, 15) is 9.90 Å². The van der Waals surface area contributed by atoms with Gasteiger partial charge in [0.1, 0.15) is 0 Å². The second-order valence-corrected chi connectivity index (χ2v) is 4.34. The lowest BCUT2D eigenvalue weighted by atomic mass is 9.96. The lowest BCUT2D eigenvalue weighted by Crippen LogP contribution is -2.35. The summed E-state index contributed by atoms with van der Waals surface area (Å²) in [7, 11) is 0. The summed E-state index contributed by atoms with van der Waals surface area (Å²) in [5.74, 6) is -1.05.